The van der Waals surface area contributed by atoms with Crippen LogP contribution in [0.4, 0.5) is 5.69 Å². The monoisotopic (exact) mass is 372 g/mol. The molecule has 2 aromatic heterocycles. The van der Waals surface area contributed by atoms with E-state index in [2.05, 4.69) is 22.2 Å². The van der Waals surface area contributed by atoms with Crippen LogP contribution in [-0.4, -0.2) is 27.5 Å². The van der Waals surface area contributed by atoms with Gasteiger partial charge in [0.05, 0.1) is 5.75 Å². The third-order valence-electron chi connectivity index (χ3n) is 3.72. The second-order valence-corrected chi connectivity index (χ2v) is 7.59. The maximum absolute atomic E-state index is 12.2. The van der Waals surface area contributed by atoms with Crippen molar-refractivity contribution in [3.63, 3.8) is 0 Å². The van der Waals surface area contributed by atoms with E-state index < -0.39 is 5.91 Å². The topological polar surface area (TPSA) is 98.0 Å². The fourth-order valence-electron chi connectivity index (χ4n) is 2.31. The number of anilines is 1. The Bertz CT molecular complexity index is 951. The third kappa shape index (κ3) is 3.80. The SMILES string of the molecule is Cc1sc2ncnc(SCC(=O)Nc3ccc(C(N)=O)cc3)c2c1C. The van der Waals surface area contributed by atoms with Gasteiger partial charge >= 0.3 is 0 Å². The van der Waals surface area contributed by atoms with Gasteiger partial charge in [0.1, 0.15) is 16.2 Å². The number of nitrogens with zero attached hydrogens (tertiary/aromatic N) is 2. The molecule has 3 N–H and O–H groups in total. The van der Waals surface area contributed by atoms with Gasteiger partial charge in [-0.1, -0.05) is 11.8 Å². The summed E-state index contributed by atoms with van der Waals surface area (Å²) in [5, 5.41) is 4.63. The zero-order valence-electron chi connectivity index (χ0n) is 13.7. The molecule has 0 spiro atoms. The molecule has 0 saturated heterocycles. The van der Waals surface area contributed by atoms with Crippen LogP contribution in [0.5, 0.6) is 0 Å². The Balaban J connectivity index is 1.67. The Morgan fingerprint density at radius 3 is 2.60 bits per heavy atom. The molecule has 1 aromatic carbocycles. The first-order chi connectivity index (χ1) is 12.0. The summed E-state index contributed by atoms with van der Waals surface area (Å²) in [5.41, 5.74) is 7.37. The molecule has 2 amide bonds. The number of rotatable bonds is 5. The molecular formula is C17H16N4O2S2. The fourth-order valence-corrected chi connectivity index (χ4v) is 4.23. The number of thioether (sulfide) groups is 1. The molecule has 0 aliphatic carbocycles. The number of carbonyl (C=O) groups is 2. The van der Waals surface area contributed by atoms with Crippen molar-refractivity contribution in [1.29, 1.82) is 0 Å². The Morgan fingerprint density at radius 1 is 1.20 bits per heavy atom. The van der Waals surface area contributed by atoms with Gasteiger partial charge in [0, 0.05) is 21.5 Å². The first-order valence-corrected chi connectivity index (χ1v) is 9.29. The number of hydrogen-bond donors (Lipinski definition) is 2. The lowest BCUT2D eigenvalue weighted by atomic mass is 10.2. The van der Waals surface area contributed by atoms with E-state index in [0.717, 1.165) is 20.8 Å². The van der Waals surface area contributed by atoms with E-state index in [1.165, 1.54) is 23.0 Å². The number of fused-ring (bicyclic) bond motifs is 1. The number of carbonyl (C=O) groups excluding carboxylic acids is 2. The van der Waals surface area contributed by atoms with Gasteiger partial charge in [-0.05, 0) is 43.7 Å². The molecule has 0 atom stereocenters. The van der Waals surface area contributed by atoms with E-state index in [0.29, 0.717) is 11.3 Å². The molecule has 0 fully saturated rings. The summed E-state index contributed by atoms with van der Waals surface area (Å²) in [6, 6.07) is 6.46. The lowest BCUT2D eigenvalue weighted by Gasteiger charge is -2.06. The number of nitrogens with two attached hydrogens (primary N) is 1. The van der Waals surface area contributed by atoms with Crippen molar-refractivity contribution >= 4 is 50.8 Å². The molecule has 3 aromatic rings. The zero-order chi connectivity index (χ0) is 18.0. The average Bonchev–Trinajstić information content (AvgIpc) is 2.88. The second-order valence-electron chi connectivity index (χ2n) is 5.42. The predicted molar refractivity (Wildman–Crippen MR) is 101 cm³/mol. The standard InChI is InChI=1S/C17H16N4O2S2/c1-9-10(2)25-17-14(9)16(19-8-20-17)24-7-13(22)21-12-5-3-11(4-6-12)15(18)23/h3-6,8H,7H2,1-2H3,(H2,18,23)(H,21,22). The summed E-state index contributed by atoms with van der Waals surface area (Å²) >= 11 is 3.01. The molecule has 0 aliphatic rings. The van der Waals surface area contributed by atoms with Crippen LogP contribution in [0.1, 0.15) is 20.8 Å². The average molecular weight is 372 g/mol. The highest BCUT2D eigenvalue weighted by atomic mass is 32.2. The predicted octanol–water partition coefficient (Wildman–Crippen LogP) is 3.14. The van der Waals surface area contributed by atoms with Crippen molar-refractivity contribution in [3.8, 4) is 0 Å². The van der Waals surface area contributed by atoms with Gasteiger partial charge in [-0.2, -0.15) is 0 Å². The Labute approximate surface area is 152 Å². The van der Waals surface area contributed by atoms with Gasteiger partial charge in [-0.15, -0.1) is 11.3 Å². The Hall–Kier alpha value is -2.45. The normalized spacial score (nSPS) is 10.8. The molecule has 0 bridgehead atoms. The molecule has 25 heavy (non-hydrogen) atoms. The quantitative estimate of drug-likeness (QED) is 0.530. The summed E-state index contributed by atoms with van der Waals surface area (Å²) in [6.07, 6.45) is 1.53. The van der Waals surface area contributed by atoms with E-state index in [-0.39, 0.29) is 11.7 Å². The molecule has 6 nitrogen and oxygen atoms in total. The van der Waals surface area contributed by atoms with Crippen molar-refractivity contribution in [3.05, 3.63) is 46.6 Å². The first kappa shape index (κ1) is 17.4. The summed E-state index contributed by atoms with van der Waals surface area (Å²) in [7, 11) is 0. The van der Waals surface area contributed by atoms with Gasteiger partial charge in [0.25, 0.3) is 0 Å². The molecule has 0 unspecified atom stereocenters. The zero-order valence-corrected chi connectivity index (χ0v) is 15.3. The highest BCUT2D eigenvalue weighted by molar-refractivity contribution is 8.00. The van der Waals surface area contributed by atoms with Crippen LogP contribution in [-0.2, 0) is 4.79 Å². The minimum atomic E-state index is -0.498. The van der Waals surface area contributed by atoms with E-state index in [4.69, 9.17) is 5.73 Å². The summed E-state index contributed by atoms with van der Waals surface area (Å²) in [6.45, 7) is 4.10. The Morgan fingerprint density at radius 2 is 1.92 bits per heavy atom. The van der Waals surface area contributed by atoms with Crippen LogP contribution in [0.3, 0.4) is 0 Å². The maximum atomic E-state index is 12.2. The number of thiophene rings is 1. The fraction of sp³-hybridized carbons (Fsp3) is 0.176. The largest absolute Gasteiger partial charge is 0.366 e. The number of primary amides is 1. The van der Waals surface area contributed by atoms with E-state index in [1.54, 1.807) is 35.6 Å². The van der Waals surface area contributed by atoms with Crippen LogP contribution < -0.4 is 11.1 Å². The molecule has 3 rings (SSSR count). The van der Waals surface area contributed by atoms with E-state index in [9.17, 15) is 9.59 Å². The van der Waals surface area contributed by atoms with Crippen LogP contribution in [0.15, 0.2) is 35.6 Å². The van der Waals surface area contributed by atoms with Gasteiger partial charge in [-0.25, -0.2) is 9.97 Å². The minimum Gasteiger partial charge on any atom is -0.366 e. The summed E-state index contributed by atoms with van der Waals surface area (Å²) < 4.78 is 0. The van der Waals surface area contributed by atoms with Crippen molar-refractivity contribution in [2.75, 3.05) is 11.1 Å². The Kier molecular flexibility index (Phi) is 5.00. The lowest BCUT2D eigenvalue weighted by Crippen LogP contribution is -2.15. The van der Waals surface area contributed by atoms with Crippen molar-refractivity contribution in [2.24, 2.45) is 5.73 Å². The molecule has 0 aliphatic heterocycles. The van der Waals surface area contributed by atoms with Crippen molar-refractivity contribution in [1.82, 2.24) is 9.97 Å². The van der Waals surface area contributed by atoms with E-state index >= 15 is 0 Å². The highest BCUT2D eigenvalue weighted by Crippen LogP contribution is 2.34. The molecule has 2 heterocycles. The second kappa shape index (κ2) is 7.20. The molecule has 8 heteroatoms. The van der Waals surface area contributed by atoms with Crippen LogP contribution in [0.2, 0.25) is 0 Å². The number of aromatic nitrogens is 2. The van der Waals surface area contributed by atoms with Gasteiger partial charge in [0.2, 0.25) is 11.8 Å². The molecule has 128 valence electrons. The lowest BCUT2D eigenvalue weighted by molar-refractivity contribution is -0.113. The third-order valence-corrected chi connectivity index (χ3v) is 5.83. The summed E-state index contributed by atoms with van der Waals surface area (Å²) in [4.78, 5) is 34.0. The number of hydrogen-bond acceptors (Lipinski definition) is 6. The number of amides is 2. The molecule has 0 saturated carbocycles. The van der Waals surface area contributed by atoms with Crippen molar-refractivity contribution < 1.29 is 9.59 Å². The highest BCUT2D eigenvalue weighted by Gasteiger charge is 2.13. The van der Waals surface area contributed by atoms with Crippen LogP contribution in [0.25, 0.3) is 10.2 Å². The van der Waals surface area contributed by atoms with Gasteiger partial charge in [-0.3, -0.25) is 9.59 Å². The van der Waals surface area contributed by atoms with Crippen molar-refractivity contribution in [2.45, 2.75) is 18.9 Å². The minimum absolute atomic E-state index is 0.145. The molecule has 0 radical (unpaired) electrons. The van der Waals surface area contributed by atoms with Crippen LogP contribution in [0, 0.1) is 13.8 Å². The molecular weight excluding hydrogens is 356 g/mol. The first-order valence-electron chi connectivity index (χ1n) is 7.49. The van der Waals surface area contributed by atoms with Gasteiger partial charge in [0.15, 0.2) is 0 Å². The summed E-state index contributed by atoms with van der Waals surface area (Å²) in [5.74, 6) is -0.409. The number of benzene rings is 1. The van der Waals surface area contributed by atoms with E-state index in [1.807, 2.05) is 6.92 Å². The number of nitrogens with one attached hydrogen (secondary N) is 1. The maximum Gasteiger partial charge on any atom is 0.248 e. The smallest absolute Gasteiger partial charge is 0.248 e. The van der Waals surface area contributed by atoms with Gasteiger partial charge < -0.3 is 11.1 Å². The van der Waals surface area contributed by atoms with Crippen LogP contribution >= 0.6 is 23.1 Å². The number of aryl methyl sites for hydroxylation is 2.